The van der Waals surface area contributed by atoms with E-state index in [9.17, 15) is 0 Å². The number of halogens is 1. The highest BCUT2D eigenvalue weighted by Crippen LogP contribution is 2.30. The predicted molar refractivity (Wildman–Crippen MR) is 137 cm³/mol. The average Bonchev–Trinajstić information content (AvgIpc) is 3.30. The van der Waals surface area contributed by atoms with E-state index in [4.69, 9.17) is 25.5 Å². The fraction of sp³-hybridized carbons (Fsp3) is 0.0690. The molecule has 34 heavy (non-hydrogen) atoms. The van der Waals surface area contributed by atoms with Crippen molar-refractivity contribution in [3.8, 4) is 22.6 Å². The van der Waals surface area contributed by atoms with Crippen LogP contribution in [0.25, 0.3) is 34.4 Å². The molecule has 0 amide bonds. The average molecular weight is 468 g/mol. The van der Waals surface area contributed by atoms with Gasteiger partial charge in [0, 0.05) is 11.1 Å². The van der Waals surface area contributed by atoms with E-state index in [2.05, 4.69) is 17.1 Å². The van der Waals surface area contributed by atoms with Crippen LogP contribution in [0.5, 0.6) is 11.5 Å². The van der Waals surface area contributed by atoms with Crippen molar-refractivity contribution in [3.05, 3.63) is 113 Å². The number of hydrogen-bond acceptors (Lipinski definition) is 4. The fourth-order valence-corrected chi connectivity index (χ4v) is 3.77. The van der Waals surface area contributed by atoms with Crippen LogP contribution in [0.1, 0.15) is 17.0 Å². The zero-order chi connectivity index (χ0) is 23.3. The molecule has 168 valence electrons. The first kappa shape index (κ1) is 21.8. The molecule has 0 N–H and O–H groups in total. The Morgan fingerprint density at radius 1 is 0.824 bits per heavy atom. The second-order valence-corrected chi connectivity index (χ2v) is 8.20. The molecule has 0 spiro atoms. The molecule has 0 unspecified atom stereocenters. The van der Waals surface area contributed by atoms with Crippen LogP contribution in [-0.4, -0.2) is 12.1 Å². The monoisotopic (exact) mass is 467 g/mol. The minimum absolute atomic E-state index is 0.427. The molecule has 1 aromatic heterocycles. The molecule has 0 aliphatic heterocycles. The summed E-state index contributed by atoms with van der Waals surface area (Å²) in [6.07, 6.45) is 3.79. The van der Waals surface area contributed by atoms with Crippen LogP contribution in [-0.2, 0) is 6.61 Å². The summed E-state index contributed by atoms with van der Waals surface area (Å²) in [5.74, 6) is 1.87. The second kappa shape index (κ2) is 9.86. The van der Waals surface area contributed by atoms with Crippen molar-refractivity contribution in [1.29, 1.82) is 0 Å². The van der Waals surface area contributed by atoms with E-state index in [1.807, 2.05) is 91.0 Å². The summed E-state index contributed by atoms with van der Waals surface area (Å²) in [5, 5.41) is 0.702. The van der Waals surface area contributed by atoms with Crippen LogP contribution in [0.15, 0.2) is 95.4 Å². The maximum absolute atomic E-state index is 5.94. The molecule has 5 aromatic rings. The van der Waals surface area contributed by atoms with E-state index >= 15 is 0 Å². The van der Waals surface area contributed by atoms with Gasteiger partial charge in [-0.3, -0.25) is 0 Å². The first-order valence-electron chi connectivity index (χ1n) is 10.9. The first-order chi connectivity index (χ1) is 16.7. The molecule has 0 atom stereocenters. The molecule has 5 rings (SSSR count). The number of benzene rings is 4. The Morgan fingerprint density at radius 2 is 1.65 bits per heavy atom. The van der Waals surface area contributed by atoms with Crippen LogP contribution in [0, 0.1) is 0 Å². The van der Waals surface area contributed by atoms with Crippen LogP contribution in [0.3, 0.4) is 0 Å². The smallest absolute Gasteiger partial charge is 0.220 e. The minimum Gasteiger partial charge on any atom is -0.493 e. The Morgan fingerprint density at radius 3 is 2.44 bits per heavy atom. The van der Waals surface area contributed by atoms with Crippen molar-refractivity contribution in [1.82, 2.24) is 4.98 Å². The summed E-state index contributed by atoms with van der Waals surface area (Å²) >= 11 is 5.94. The summed E-state index contributed by atoms with van der Waals surface area (Å²) in [6, 6.07) is 29.6. The van der Waals surface area contributed by atoms with E-state index < -0.39 is 0 Å². The normalized spacial score (nSPS) is 11.2. The third-order valence-electron chi connectivity index (χ3n) is 5.42. The second-order valence-electron chi connectivity index (χ2n) is 7.76. The van der Waals surface area contributed by atoms with E-state index in [-0.39, 0.29) is 0 Å². The number of fused-ring (bicyclic) bond motifs is 1. The predicted octanol–water partition coefficient (Wildman–Crippen LogP) is 7.91. The van der Waals surface area contributed by atoms with Gasteiger partial charge in [0.2, 0.25) is 5.89 Å². The third kappa shape index (κ3) is 4.98. The van der Waals surface area contributed by atoms with Gasteiger partial charge in [0.25, 0.3) is 0 Å². The highest BCUT2D eigenvalue weighted by molar-refractivity contribution is 6.30. The summed E-state index contributed by atoms with van der Waals surface area (Å²) < 4.78 is 17.4. The van der Waals surface area contributed by atoms with Crippen molar-refractivity contribution in [2.45, 2.75) is 6.61 Å². The van der Waals surface area contributed by atoms with E-state index in [1.54, 1.807) is 7.11 Å². The van der Waals surface area contributed by atoms with Gasteiger partial charge in [-0.05, 0) is 64.7 Å². The fourth-order valence-electron chi connectivity index (χ4n) is 3.64. The lowest BCUT2D eigenvalue weighted by Gasteiger charge is -2.11. The highest BCUT2D eigenvalue weighted by Gasteiger charge is 2.08. The number of methoxy groups -OCH3 is 1. The molecular weight excluding hydrogens is 446 g/mol. The van der Waals surface area contributed by atoms with Crippen LogP contribution >= 0.6 is 11.6 Å². The number of rotatable bonds is 7. The van der Waals surface area contributed by atoms with Crippen molar-refractivity contribution >= 4 is 34.9 Å². The molecule has 4 aromatic carbocycles. The molecule has 1 heterocycles. The minimum atomic E-state index is 0.427. The van der Waals surface area contributed by atoms with Crippen molar-refractivity contribution < 1.29 is 13.9 Å². The van der Waals surface area contributed by atoms with Crippen molar-refractivity contribution in [3.63, 3.8) is 0 Å². The summed E-state index contributed by atoms with van der Waals surface area (Å²) in [5.41, 5.74) is 5.81. The number of aromatic nitrogens is 1. The van der Waals surface area contributed by atoms with Gasteiger partial charge < -0.3 is 13.9 Å². The van der Waals surface area contributed by atoms with Crippen molar-refractivity contribution in [2.24, 2.45) is 0 Å². The molecule has 0 saturated heterocycles. The Bertz CT molecular complexity index is 1440. The zero-order valence-electron chi connectivity index (χ0n) is 18.6. The lowest BCUT2D eigenvalue weighted by molar-refractivity contribution is 0.284. The first-order valence-corrected chi connectivity index (χ1v) is 11.2. The molecular formula is C29H22ClNO3. The van der Waals surface area contributed by atoms with Crippen LogP contribution in [0.2, 0.25) is 5.02 Å². The molecule has 0 radical (unpaired) electrons. The van der Waals surface area contributed by atoms with Gasteiger partial charge in [-0.1, -0.05) is 66.2 Å². The van der Waals surface area contributed by atoms with E-state index in [0.717, 1.165) is 33.4 Å². The number of ether oxygens (including phenoxy) is 2. The summed E-state index contributed by atoms with van der Waals surface area (Å²) in [7, 11) is 1.63. The van der Waals surface area contributed by atoms with Gasteiger partial charge in [-0.15, -0.1) is 0 Å². The van der Waals surface area contributed by atoms with Crippen LogP contribution in [0.4, 0.5) is 0 Å². The largest absolute Gasteiger partial charge is 0.493 e. The van der Waals surface area contributed by atoms with Gasteiger partial charge in [0.1, 0.15) is 12.1 Å². The molecule has 4 nitrogen and oxygen atoms in total. The topological polar surface area (TPSA) is 44.5 Å². The standard InChI is InChI=1S/C29H22ClNO3/c1-32-28-17-20(9-14-27(28)33-19-21-7-12-24(30)13-8-21)10-16-29-31-25-18-23(11-15-26(25)34-29)22-5-3-2-4-6-22/h2-18H,19H2,1H3. The van der Waals surface area contributed by atoms with Crippen LogP contribution < -0.4 is 9.47 Å². The third-order valence-corrected chi connectivity index (χ3v) is 5.68. The van der Waals surface area contributed by atoms with E-state index in [0.29, 0.717) is 29.0 Å². The Hall–Kier alpha value is -4.02. The Kier molecular flexibility index (Phi) is 6.32. The van der Waals surface area contributed by atoms with E-state index in [1.165, 1.54) is 0 Å². The van der Waals surface area contributed by atoms with Crippen molar-refractivity contribution in [2.75, 3.05) is 7.11 Å². The zero-order valence-corrected chi connectivity index (χ0v) is 19.3. The maximum atomic E-state index is 5.94. The molecule has 0 aliphatic rings. The Balaban J connectivity index is 1.31. The highest BCUT2D eigenvalue weighted by atomic mass is 35.5. The molecule has 0 saturated carbocycles. The number of nitrogens with zero attached hydrogens (tertiary/aromatic N) is 1. The van der Waals surface area contributed by atoms with Gasteiger partial charge in [0.05, 0.1) is 7.11 Å². The quantitative estimate of drug-likeness (QED) is 0.244. The lowest BCUT2D eigenvalue weighted by atomic mass is 10.1. The number of oxazole rings is 1. The lowest BCUT2D eigenvalue weighted by Crippen LogP contribution is -1.97. The molecule has 0 fully saturated rings. The summed E-state index contributed by atoms with van der Waals surface area (Å²) in [6.45, 7) is 0.427. The Labute approximate surface area is 203 Å². The van der Waals surface area contributed by atoms with Gasteiger partial charge in [0.15, 0.2) is 17.1 Å². The molecule has 5 heteroatoms. The number of hydrogen-bond donors (Lipinski definition) is 0. The summed E-state index contributed by atoms with van der Waals surface area (Å²) in [4.78, 5) is 4.62. The van der Waals surface area contributed by atoms with Gasteiger partial charge in [-0.25, -0.2) is 4.98 Å². The molecule has 0 bridgehead atoms. The molecule has 0 aliphatic carbocycles. The SMILES string of the molecule is COc1cc(C=Cc2nc3cc(-c4ccccc4)ccc3o2)ccc1OCc1ccc(Cl)cc1. The van der Waals surface area contributed by atoms with Gasteiger partial charge in [-0.2, -0.15) is 0 Å². The van der Waals surface area contributed by atoms with Gasteiger partial charge >= 0.3 is 0 Å². The maximum Gasteiger partial charge on any atom is 0.220 e.